The fourth-order valence-electron chi connectivity index (χ4n) is 3.69. The van der Waals surface area contributed by atoms with Crippen molar-refractivity contribution in [1.82, 2.24) is 4.98 Å². The van der Waals surface area contributed by atoms with E-state index >= 15 is 0 Å². The number of H-pyrrole nitrogens is 1. The van der Waals surface area contributed by atoms with E-state index in [9.17, 15) is 5.26 Å². The summed E-state index contributed by atoms with van der Waals surface area (Å²) in [7, 11) is -1.77. The van der Waals surface area contributed by atoms with Gasteiger partial charge in [0.25, 0.3) is 0 Å². The average Bonchev–Trinajstić information content (AvgIpc) is 2.80. The second-order valence-corrected chi connectivity index (χ2v) is 18.9. The van der Waals surface area contributed by atoms with Gasteiger partial charge in [0.15, 0.2) is 0 Å². The molecule has 7 heteroatoms. The van der Waals surface area contributed by atoms with Gasteiger partial charge in [0.1, 0.15) is 34.0 Å². The summed E-state index contributed by atoms with van der Waals surface area (Å²) < 4.78 is 7.87. The van der Waals surface area contributed by atoms with E-state index in [0.29, 0.717) is 10.7 Å². The third-order valence-corrected chi connectivity index (χ3v) is 11.8. The highest BCUT2D eigenvalue weighted by Crippen LogP contribution is 2.43. The molecule has 0 saturated carbocycles. The molecular formula is C19H28ClN3OSi2. The van der Waals surface area contributed by atoms with Crippen molar-refractivity contribution in [2.45, 2.75) is 46.2 Å². The monoisotopic (exact) mass is 405 g/mol. The Morgan fingerprint density at radius 2 is 1.69 bits per heavy atom. The number of rotatable bonds is 5. The van der Waals surface area contributed by atoms with Gasteiger partial charge in [-0.2, -0.15) is 5.26 Å². The number of hydrogen-bond acceptors (Lipinski definition) is 3. The van der Waals surface area contributed by atoms with Crippen LogP contribution in [0.1, 0.15) is 11.3 Å². The van der Waals surface area contributed by atoms with Crippen LogP contribution in [0.15, 0.2) is 18.2 Å². The van der Waals surface area contributed by atoms with E-state index in [1.807, 2.05) is 25.1 Å². The molecule has 26 heavy (non-hydrogen) atoms. The Morgan fingerprint density at radius 3 is 2.12 bits per heavy atom. The normalized spacial score (nSPS) is 12.0. The minimum absolute atomic E-state index is 0.600. The second-order valence-electron chi connectivity index (χ2n) is 8.48. The van der Waals surface area contributed by atoms with Crippen molar-refractivity contribution in [1.29, 1.82) is 5.26 Å². The Balaban J connectivity index is 2.83. The molecule has 0 aliphatic heterocycles. The summed E-state index contributed by atoms with van der Waals surface area (Å²) in [5.41, 5.74) is 3.50. The second kappa shape index (κ2) is 7.14. The van der Waals surface area contributed by atoms with Crippen molar-refractivity contribution in [2.75, 3.05) is 11.3 Å². The summed E-state index contributed by atoms with van der Waals surface area (Å²) in [5.74, 6) is 1.76. The zero-order valence-electron chi connectivity index (χ0n) is 16.9. The van der Waals surface area contributed by atoms with Crippen molar-refractivity contribution in [3.05, 3.63) is 34.5 Å². The van der Waals surface area contributed by atoms with Gasteiger partial charge in [-0.3, -0.25) is 0 Å². The molecule has 2 aromatic rings. The number of nitrogens with zero attached hydrogens (tertiary/aromatic N) is 2. The summed E-state index contributed by atoms with van der Waals surface area (Å²) >= 11 is 6.60. The van der Waals surface area contributed by atoms with E-state index in [2.05, 4.69) is 54.6 Å². The first-order valence-corrected chi connectivity index (χ1v) is 16.0. The van der Waals surface area contributed by atoms with Crippen molar-refractivity contribution in [3.63, 3.8) is 0 Å². The molecule has 1 N–H and O–H groups in total. The molecule has 140 valence electrons. The lowest BCUT2D eigenvalue weighted by Gasteiger charge is -2.45. The van der Waals surface area contributed by atoms with Crippen LogP contribution in [0.3, 0.4) is 0 Å². The van der Waals surface area contributed by atoms with Crippen molar-refractivity contribution in [2.24, 2.45) is 0 Å². The lowest BCUT2D eigenvalue weighted by molar-refractivity contribution is 0.415. The summed E-state index contributed by atoms with van der Waals surface area (Å²) in [5, 5.41) is 10.2. The predicted molar refractivity (Wildman–Crippen MR) is 116 cm³/mol. The van der Waals surface area contributed by atoms with Crippen LogP contribution in [0.4, 0.5) is 5.82 Å². The predicted octanol–water partition coefficient (Wildman–Crippen LogP) is 6.00. The summed E-state index contributed by atoms with van der Waals surface area (Å²) in [6.07, 6.45) is 0. The lowest BCUT2D eigenvalue weighted by Crippen LogP contribution is -2.60. The number of hydrogen-bond donors (Lipinski definition) is 1. The number of ether oxygens (including phenoxy) is 1. The number of halogens is 1. The highest BCUT2D eigenvalue weighted by atomic mass is 35.5. The van der Waals surface area contributed by atoms with Gasteiger partial charge < -0.3 is 14.0 Å². The topological polar surface area (TPSA) is 52.0 Å². The molecule has 1 heterocycles. The Hall–Kier alpha value is -1.69. The van der Waals surface area contributed by atoms with Gasteiger partial charge in [-0.25, -0.2) is 0 Å². The third-order valence-electron chi connectivity index (χ3n) is 4.35. The molecule has 1 aromatic carbocycles. The molecule has 4 nitrogen and oxygen atoms in total. The Bertz CT molecular complexity index is 843. The van der Waals surface area contributed by atoms with Gasteiger partial charge in [0, 0.05) is 11.1 Å². The largest absolute Gasteiger partial charge is 0.497 e. The van der Waals surface area contributed by atoms with Crippen LogP contribution in [0.5, 0.6) is 5.75 Å². The van der Waals surface area contributed by atoms with Crippen LogP contribution in [-0.2, 0) is 0 Å². The maximum absolute atomic E-state index is 9.61. The van der Waals surface area contributed by atoms with E-state index in [1.54, 1.807) is 7.11 Å². The number of benzene rings is 1. The summed E-state index contributed by atoms with van der Waals surface area (Å²) in [6.45, 7) is 16.0. The Kier molecular flexibility index (Phi) is 5.67. The molecule has 2 rings (SSSR count). The zero-order valence-corrected chi connectivity index (χ0v) is 19.7. The first-order chi connectivity index (χ1) is 11.9. The number of methoxy groups -OCH3 is 1. The van der Waals surface area contributed by atoms with Gasteiger partial charge in [-0.1, -0.05) is 50.9 Å². The van der Waals surface area contributed by atoms with E-state index in [0.717, 1.165) is 28.3 Å². The summed E-state index contributed by atoms with van der Waals surface area (Å²) in [4.78, 5) is 3.41. The van der Waals surface area contributed by atoms with Crippen LogP contribution in [-0.4, -0.2) is 28.6 Å². The molecule has 0 spiro atoms. The van der Waals surface area contributed by atoms with Crippen LogP contribution < -0.4 is 8.97 Å². The molecule has 0 saturated heterocycles. The van der Waals surface area contributed by atoms with Gasteiger partial charge in [-0.15, -0.1) is 0 Å². The minimum Gasteiger partial charge on any atom is -0.497 e. The maximum Gasteiger partial charge on any atom is 0.139 e. The molecule has 0 amide bonds. The first-order valence-electron chi connectivity index (χ1n) is 8.68. The highest BCUT2D eigenvalue weighted by molar-refractivity contribution is 6.99. The van der Waals surface area contributed by atoms with E-state index < -0.39 is 16.5 Å². The molecule has 0 aliphatic carbocycles. The smallest absolute Gasteiger partial charge is 0.139 e. The quantitative estimate of drug-likeness (QED) is 0.620. The molecule has 0 unspecified atom stereocenters. The van der Waals surface area contributed by atoms with Crippen LogP contribution >= 0.6 is 11.6 Å². The van der Waals surface area contributed by atoms with Crippen molar-refractivity contribution < 1.29 is 4.74 Å². The molecule has 1 aromatic heterocycles. The number of aromatic amines is 1. The fourth-order valence-corrected chi connectivity index (χ4v) is 13.7. The van der Waals surface area contributed by atoms with Crippen LogP contribution in [0.2, 0.25) is 44.3 Å². The van der Waals surface area contributed by atoms with Crippen LogP contribution in [0, 0.1) is 18.3 Å². The van der Waals surface area contributed by atoms with Gasteiger partial charge in [0.05, 0.1) is 18.0 Å². The number of aromatic nitrogens is 1. The highest BCUT2D eigenvalue weighted by Gasteiger charge is 2.38. The summed E-state index contributed by atoms with van der Waals surface area (Å²) in [6, 6.07) is 8.03. The average molecular weight is 406 g/mol. The molecular weight excluding hydrogens is 378 g/mol. The third kappa shape index (κ3) is 3.85. The van der Waals surface area contributed by atoms with Gasteiger partial charge >= 0.3 is 0 Å². The SMILES string of the molecule is COc1ccc(-c2c(N([Si](C)(C)C)[Si](C)(C)C)[nH]c(C#N)c2C)c(Cl)c1. The Morgan fingerprint density at radius 1 is 1.12 bits per heavy atom. The minimum atomic E-state index is -1.70. The van der Waals surface area contributed by atoms with E-state index in [4.69, 9.17) is 16.3 Å². The van der Waals surface area contributed by atoms with Gasteiger partial charge in [-0.05, 0) is 30.7 Å². The lowest BCUT2D eigenvalue weighted by atomic mass is 10.0. The molecule has 0 fully saturated rings. The fraction of sp³-hybridized carbons (Fsp3) is 0.421. The standard InChI is InChI=1S/C19H28ClN3OSi2/c1-13-17(12-21)22-19(23(25(3,4)5)26(6,7)8)18(13)15-10-9-14(24-2)11-16(15)20/h9-11,22H,1-8H3. The number of anilines is 1. The Labute approximate surface area is 163 Å². The molecule has 0 aliphatic rings. The molecule has 0 bridgehead atoms. The zero-order chi connectivity index (χ0) is 19.9. The molecule has 0 radical (unpaired) electrons. The van der Waals surface area contributed by atoms with Crippen molar-refractivity contribution >= 4 is 33.9 Å². The van der Waals surface area contributed by atoms with Gasteiger partial charge in [0.2, 0.25) is 0 Å². The first kappa shape index (κ1) is 20.6. The van der Waals surface area contributed by atoms with Crippen LogP contribution in [0.25, 0.3) is 11.1 Å². The van der Waals surface area contributed by atoms with E-state index in [1.165, 1.54) is 0 Å². The number of nitriles is 1. The number of nitrogens with one attached hydrogen (secondary N) is 1. The van der Waals surface area contributed by atoms with Crippen molar-refractivity contribution in [3.8, 4) is 22.9 Å². The maximum atomic E-state index is 9.61. The molecule has 0 atom stereocenters. The van der Waals surface area contributed by atoms with E-state index in [-0.39, 0.29) is 0 Å².